The predicted octanol–water partition coefficient (Wildman–Crippen LogP) is 2.34. The van der Waals surface area contributed by atoms with Gasteiger partial charge in [-0.05, 0) is 43.2 Å². The Balaban J connectivity index is 1.50. The fourth-order valence-electron chi connectivity index (χ4n) is 3.37. The monoisotopic (exact) mass is 367 g/mol. The molecule has 7 nitrogen and oxygen atoms in total. The van der Waals surface area contributed by atoms with Crippen molar-refractivity contribution in [1.29, 1.82) is 0 Å². The van der Waals surface area contributed by atoms with E-state index in [0.29, 0.717) is 54.7 Å². The number of carbonyl (C=O) groups is 2. The van der Waals surface area contributed by atoms with Crippen LogP contribution in [0.15, 0.2) is 36.4 Å². The normalized spacial score (nSPS) is 18.5. The fraction of sp³-hybridized carbons (Fsp3) is 0.300. The van der Waals surface area contributed by atoms with Crippen molar-refractivity contribution >= 4 is 28.9 Å². The number of fused-ring (bicyclic) bond motifs is 1. The molecule has 3 N–H and O–H groups in total. The summed E-state index contributed by atoms with van der Waals surface area (Å²) in [6.07, 6.45) is 0.459. The number of amides is 2. The Kier molecular flexibility index (Phi) is 4.35. The SMILES string of the molecule is Cc1ccc(N)cc1NC(=O)C1CCN(c2ccc3c(c2)OCCO3)C1=O. The van der Waals surface area contributed by atoms with Crippen LogP contribution in [0.4, 0.5) is 17.1 Å². The summed E-state index contributed by atoms with van der Waals surface area (Å²) in [5.74, 6) is 0.0384. The average Bonchev–Trinajstić information content (AvgIpc) is 3.06. The van der Waals surface area contributed by atoms with Gasteiger partial charge in [0.1, 0.15) is 19.1 Å². The molecular formula is C20H21N3O4. The van der Waals surface area contributed by atoms with E-state index in [1.54, 1.807) is 29.2 Å². The minimum atomic E-state index is -0.723. The highest BCUT2D eigenvalue weighted by molar-refractivity contribution is 6.13. The topological polar surface area (TPSA) is 93.9 Å². The highest BCUT2D eigenvalue weighted by atomic mass is 16.6. The van der Waals surface area contributed by atoms with Gasteiger partial charge in [-0.25, -0.2) is 0 Å². The lowest BCUT2D eigenvalue weighted by molar-refractivity contribution is -0.129. The lowest BCUT2D eigenvalue weighted by Gasteiger charge is -2.22. The van der Waals surface area contributed by atoms with Gasteiger partial charge in [0.05, 0.1) is 0 Å². The summed E-state index contributed by atoms with van der Waals surface area (Å²) >= 11 is 0. The molecule has 1 unspecified atom stereocenters. The molecule has 0 saturated carbocycles. The molecule has 2 amide bonds. The molecule has 0 radical (unpaired) electrons. The molecule has 2 heterocycles. The Morgan fingerprint density at radius 2 is 1.93 bits per heavy atom. The summed E-state index contributed by atoms with van der Waals surface area (Å²) in [4.78, 5) is 27.1. The first kappa shape index (κ1) is 17.2. The molecule has 0 spiro atoms. The summed E-state index contributed by atoms with van der Waals surface area (Å²) in [6.45, 7) is 3.36. The van der Waals surface area contributed by atoms with Gasteiger partial charge in [-0.2, -0.15) is 0 Å². The van der Waals surface area contributed by atoms with E-state index in [1.807, 2.05) is 19.1 Å². The Morgan fingerprint density at radius 3 is 2.74 bits per heavy atom. The Morgan fingerprint density at radius 1 is 1.15 bits per heavy atom. The van der Waals surface area contributed by atoms with Gasteiger partial charge in [0, 0.05) is 29.7 Å². The van der Waals surface area contributed by atoms with Gasteiger partial charge in [0.25, 0.3) is 0 Å². The molecule has 0 aliphatic carbocycles. The van der Waals surface area contributed by atoms with Crippen LogP contribution < -0.4 is 25.4 Å². The number of benzene rings is 2. The van der Waals surface area contributed by atoms with Crippen molar-refractivity contribution in [2.45, 2.75) is 13.3 Å². The van der Waals surface area contributed by atoms with Crippen LogP contribution in [0.2, 0.25) is 0 Å². The predicted molar refractivity (Wildman–Crippen MR) is 102 cm³/mol. The van der Waals surface area contributed by atoms with Gasteiger partial charge < -0.3 is 25.4 Å². The number of rotatable bonds is 3. The third-order valence-electron chi connectivity index (χ3n) is 4.88. The number of carbonyl (C=O) groups excluding carboxylic acids is 2. The van der Waals surface area contributed by atoms with Crippen LogP contribution >= 0.6 is 0 Å². The lowest BCUT2D eigenvalue weighted by Crippen LogP contribution is -2.33. The second-order valence-electron chi connectivity index (χ2n) is 6.72. The van der Waals surface area contributed by atoms with Crippen LogP contribution in [0.5, 0.6) is 11.5 Å². The summed E-state index contributed by atoms with van der Waals surface area (Å²) < 4.78 is 11.1. The third-order valence-corrected chi connectivity index (χ3v) is 4.88. The molecular weight excluding hydrogens is 346 g/mol. The largest absolute Gasteiger partial charge is 0.486 e. The molecule has 2 aromatic carbocycles. The molecule has 2 aromatic rings. The van der Waals surface area contributed by atoms with Crippen molar-refractivity contribution < 1.29 is 19.1 Å². The lowest BCUT2D eigenvalue weighted by atomic mass is 10.1. The van der Waals surface area contributed by atoms with Gasteiger partial charge in [0.2, 0.25) is 11.8 Å². The molecule has 27 heavy (non-hydrogen) atoms. The summed E-state index contributed by atoms with van der Waals surface area (Å²) in [6, 6.07) is 10.7. The van der Waals surface area contributed by atoms with Crippen LogP contribution in [0.3, 0.4) is 0 Å². The minimum Gasteiger partial charge on any atom is -0.486 e. The van der Waals surface area contributed by atoms with Crippen LogP contribution in [0.1, 0.15) is 12.0 Å². The molecule has 0 aromatic heterocycles. The van der Waals surface area contributed by atoms with Crippen LogP contribution in [-0.2, 0) is 9.59 Å². The molecule has 2 aliphatic heterocycles. The number of hydrogen-bond acceptors (Lipinski definition) is 5. The fourth-order valence-corrected chi connectivity index (χ4v) is 3.37. The zero-order valence-corrected chi connectivity index (χ0v) is 15.0. The zero-order chi connectivity index (χ0) is 19.0. The molecule has 2 aliphatic rings. The quantitative estimate of drug-likeness (QED) is 0.641. The Labute approximate surface area is 157 Å². The smallest absolute Gasteiger partial charge is 0.239 e. The molecule has 1 fully saturated rings. The number of ether oxygens (including phenoxy) is 2. The molecule has 7 heteroatoms. The standard InChI is InChI=1S/C20H21N3O4/c1-12-2-3-13(21)10-16(12)22-19(24)15-6-7-23(20(15)25)14-4-5-17-18(11-14)27-9-8-26-17/h2-5,10-11,15H,6-9,21H2,1H3,(H,22,24). The Bertz CT molecular complexity index is 912. The van der Waals surface area contributed by atoms with Gasteiger partial charge in [-0.15, -0.1) is 0 Å². The van der Waals surface area contributed by atoms with Crippen molar-refractivity contribution in [3.05, 3.63) is 42.0 Å². The second kappa shape index (κ2) is 6.83. The minimum absolute atomic E-state index is 0.217. The van der Waals surface area contributed by atoms with Crippen molar-refractivity contribution in [3.8, 4) is 11.5 Å². The first-order chi connectivity index (χ1) is 13.0. The molecule has 140 valence electrons. The highest BCUT2D eigenvalue weighted by Crippen LogP contribution is 2.36. The van der Waals surface area contributed by atoms with Crippen molar-refractivity contribution in [2.75, 3.05) is 35.7 Å². The number of nitrogen functional groups attached to an aromatic ring is 1. The van der Waals surface area contributed by atoms with Gasteiger partial charge in [-0.3, -0.25) is 9.59 Å². The first-order valence-electron chi connectivity index (χ1n) is 8.91. The number of anilines is 3. The van der Waals surface area contributed by atoms with E-state index in [0.717, 1.165) is 5.56 Å². The van der Waals surface area contributed by atoms with Gasteiger partial charge >= 0.3 is 0 Å². The van der Waals surface area contributed by atoms with E-state index in [2.05, 4.69) is 5.32 Å². The van der Waals surface area contributed by atoms with E-state index >= 15 is 0 Å². The Hall–Kier alpha value is -3.22. The van der Waals surface area contributed by atoms with Gasteiger partial charge in [-0.1, -0.05) is 6.07 Å². The maximum atomic E-state index is 12.8. The number of hydrogen-bond donors (Lipinski definition) is 2. The third kappa shape index (κ3) is 3.28. The van der Waals surface area contributed by atoms with E-state index in [1.165, 1.54) is 0 Å². The van der Waals surface area contributed by atoms with E-state index in [9.17, 15) is 9.59 Å². The molecule has 1 saturated heterocycles. The molecule has 0 bridgehead atoms. The maximum absolute atomic E-state index is 12.8. The number of nitrogens with zero attached hydrogens (tertiary/aromatic N) is 1. The van der Waals surface area contributed by atoms with Crippen molar-refractivity contribution in [1.82, 2.24) is 0 Å². The first-order valence-corrected chi connectivity index (χ1v) is 8.91. The van der Waals surface area contributed by atoms with Crippen LogP contribution in [0.25, 0.3) is 0 Å². The zero-order valence-electron chi connectivity index (χ0n) is 15.0. The summed E-state index contributed by atoms with van der Waals surface area (Å²) in [7, 11) is 0. The van der Waals surface area contributed by atoms with Crippen molar-refractivity contribution in [3.63, 3.8) is 0 Å². The van der Waals surface area contributed by atoms with Gasteiger partial charge in [0.15, 0.2) is 11.5 Å². The number of nitrogens with two attached hydrogens (primary N) is 1. The van der Waals surface area contributed by atoms with E-state index in [-0.39, 0.29) is 11.8 Å². The van der Waals surface area contributed by atoms with Crippen molar-refractivity contribution in [2.24, 2.45) is 5.92 Å². The summed E-state index contributed by atoms with van der Waals surface area (Å²) in [5.41, 5.74) is 8.58. The van der Waals surface area contributed by atoms with Crippen LogP contribution in [0, 0.1) is 12.8 Å². The maximum Gasteiger partial charge on any atom is 0.239 e. The van der Waals surface area contributed by atoms with Crippen LogP contribution in [-0.4, -0.2) is 31.6 Å². The average molecular weight is 367 g/mol. The van der Waals surface area contributed by atoms with E-state index < -0.39 is 5.92 Å². The highest BCUT2D eigenvalue weighted by Gasteiger charge is 2.38. The molecule has 4 rings (SSSR count). The number of nitrogens with one attached hydrogen (secondary N) is 1. The molecule has 1 atom stereocenters. The summed E-state index contributed by atoms with van der Waals surface area (Å²) in [5, 5.41) is 2.83. The number of aryl methyl sites for hydroxylation is 1. The second-order valence-corrected chi connectivity index (χ2v) is 6.72. The van der Waals surface area contributed by atoms with E-state index in [4.69, 9.17) is 15.2 Å².